The molecule has 0 saturated carbocycles. The third-order valence-corrected chi connectivity index (χ3v) is 2.33. The maximum absolute atomic E-state index is 13.4. The molecule has 0 aliphatic rings. The van der Waals surface area contributed by atoms with E-state index in [2.05, 4.69) is 10.6 Å². The van der Waals surface area contributed by atoms with E-state index in [-0.39, 0.29) is 12.6 Å². The van der Waals surface area contributed by atoms with Crippen molar-refractivity contribution in [3.8, 4) is 0 Å². The molecule has 1 rings (SSSR count). The molecule has 0 spiro atoms. The molecule has 1 unspecified atom stereocenters. The van der Waals surface area contributed by atoms with Crippen molar-refractivity contribution in [1.82, 2.24) is 5.32 Å². The van der Waals surface area contributed by atoms with E-state index in [1.165, 1.54) is 7.11 Å². The molecule has 2 amide bonds. The molecule has 8 heteroatoms. The molecular weight excluding hydrogens is 274 g/mol. The van der Waals surface area contributed by atoms with Crippen molar-refractivity contribution in [2.24, 2.45) is 0 Å². The Bertz CT molecular complexity index is 522. The van der Waals surface area contributed by atoms with E-state index < -0.39 is 34.9 Å². The largest absolute Gasteiger partial charge is 0.478 e. The van der Waals surface area contributed by atoms with Gasteiger partial charge in [-0.2, -0.15) is 0 Å². The minimum absolute atomic E-state index is 0.250. The first-order chi connectivity index (χ1) is 9.35. The Kier molecular flexibility index (Phi) is 5.39. The van der Waals surface area contributed by atoms with Gasteiger partial charge in [-0.05, 0) is 13.0 Å². The third kappa shape index (κ3) is 4.16. The van der Waals surface area contributed by atoms with Crippen molar-refractivity contribution in [2.75, 3.05) is 19.0 Å². The fourth-order valence-corrected chi connectivity index (χ4v) is 1.48. The molecule has 1 aromatic carbocycles. The van der Waals surface area contributed by atoms with E-state index in [4.69, 9.17) is 9.84 Å². The van der Waals surface area contributed by atoms with Crippen LogP contribution in [0, 0.1) is 11.6 Å². The predicted octanol–water partition coefficient (Wildman–Crippen LogP) is 1.82. The molecule has 0 aromatic heterocycles. The van der Waals surface area contributed by atoms with Crippen molar-refractivity contribution >= 4 is 17.7 Å². The van der Waals surface area contributed by atoms with Gasteiger partial charge in [0.05, 0.1) is 23.9 Å². The van der Waals surface area contributed by atoms with Gasteiger partial charge in [-0.25, -0.2) is 18.4 Å². The Morgan fingerprint density at radius 2 is 2.00 bits per heavy atom. The minimum atomic E-state index is -1.56. The number of anilines is 1. The molecule has 3 N–H and O–H groups in total. The second-order valence-corrected chi connectivity index (χ2v) is 4.07. The Morgan fingerprint density at radius 3 is 2.55 bits per heavy atom. The predicted molar refractivity (Wildman–Crippen MR) is 66.8 cm³/mol. The smallest absolute Gasteiger partial charge is 0.338 e. The van der Waals surface area contributed by atoms with Crippen molar-refractivity contribution in [1.29, 1.82) is 0 Å². The second-order valence-electron chi connectivity index (χ2n) is 4.07. The molecule has 0 saturated heterocycles. The zero-order valence-corrected chi connectivity index (χ0v) is 10.9. The molecule has 20 heavy (non-hydrogen) atoms. The number of aromatic carboxylic acids is 1. The molecule has 6 nitrogen and oxygen atoms in total. The quantitative estimate of drug-likeness (QED) is 0.771. The Hall–Kier alpha value is -2.22. The first-order valence-electron chi connectivity index (χ1n) is 5.64. The number of carbonyl (C=O) groups is 2. The average molecular weight is 288 g/mol. The van der Waals surface area contributed by atoms with Crippen molar-refractivity contribution in [2.45, 2.75) is 13.0 Å². The Balaban J connectivity index is 2.84. The van der Waals surface area contributed by atoms with E-state index in [9.17, 15) is 18.4 Å². The van der Waals surface area contributed by atoms with Crippen LogP contribution in [0.4, 0.5) is 19.3 Å². The van der Waals surface area contributed by atoms with Crippen LogP contribution in [0.2, 0.25) is 0 Å². The lowest BCUT2D eigenvalue weighted by Gasteiger charge is -2.14. The zero-order valence-electron chi connectivity index (χ0n) is 10.9. The first-order valence-corrected chi connectivity index (χ1v) is 5.64. The highest BCUT2D eigenvalue weighted by Gasteiger charge is 2.17. The first kappa shape index (κ1) is 15.8. The third-order valence-electron chi connectivity index (χ3n) is 2.33. The molecule has 0 fully saturated rings. The summed E-state index contributed by atoms with van der Waals surface area (Å²) in [5.41, 5.74) is -1.16. The normalized spacial score (nSPS) is 11.8. The lowest BCUT2D eigenvalue weighted by atomic mass is 10.2. The molecule has 110 valence electrons. The zero-order chi connectivity index (χ0) is 15.3. The lowest BCUT2D eigenvalue weighted by molar-refractivity contribution is 0.0692. The summed E-state index contributed by atoms with van der Waals surface area (Å²) in [5.74, 6) is -3.84. The number of hydrogen-bond donors (Lipinski definition) is 3. The number of methoxy groups -OCH3 is 1. The van der Waals surface area contributed by atoms with Crippen LogP contribution in [0.25, 0.3) is 0 Å². The van der Waals surface area contributed by atoms with E-state index in [0.29, 0.717) is 12.1 Å². The summed E-state index contributed by atoms with van der Waals surface area (Å²) in [4.78, 5) is 22.3. The summed E-state index contributed by atoms with van der Waals surface area (Å²) < 4.78 is 31.4. The number of benzene rings is 1. The fourth-order valence-electron chi connectivity index (χ4n) is 1.48. The molecule has 0 heterocycles. The number of rotatable bonds is 5. The SMILES string of the molecule is COCC(C)NC(=O)Nc1cc(C(=O)O)c(F)cc1F. The number of carboxylic acids is 1. The minimum Gasteiger partial charge on any atom is -0.478 e. The van der Waals surface area contributed by atoms with Crippen LogP contribution in [-0.2, 0) is 4.74 Å². The molecular formula is C12H14F2N2O4. The van der Waals surface area contributed by atoms with E-state index in [1.54, 1.807) is 6.92 Å². The van der Waals surface area contributed by atoms with Gasteiger partial charge in [0.2, 0.25) is 0 Å². The molecule has 1 aromatic rings. The van der Waals surface area contributed by atoms with Crippen LogP contribution >= 0.6 is 0 Å². The number of carboxylic acid groups (broad SMARTS) is 1. The van der Waals surface area contributed by atoms with Crippen LogP contribution in [0.1, 0.15) is 17.3 Å². The molecule has 0 aliphatic carbocycles. The molecule has 0 aliphatic heterocycles. The van der Waals surface area contributed by atoms with E-state index in [1.807, 2.05) is 0 Å². The van der Waals surface area contributed by atoms with Gasteiger partial charge in [0, 0.05) is 13.2 Å². The highest BCUT2D eigenvalue weighted by Crippen LogP contribution is 2.19. The van der Waals surface area contributed by atoms with Crippen molar-refractivity contribution < 1.29 is 28.2 Å². The van der Waals surface area contributed by atoms with E-state index in [0.717, 1.165) is 0 Å². The number of hydrogen-bond acceptors (Lipinski definition) is 3. The van der Waals surface area contributed by atoms with Gasteiger partial charge in [-0.3, -0.25) is 0 Å². The maximum atomic E-state index is 13.4. The van der Waals surface area contributed by atoms with Crippen molar-refractivity contribution in [3.05, 3.63) is 29.3 Å². The number of urea groups is 1. The van der Waals surface area contributed by atoms with Gasteiger partial charge in [-0.15, -0.1) is 0 Å². The maximum Gasteiger partial charge on any atom is 0.338 e. The summed E-state index contributed by atoms with van der Waals surface area (Å²) in [5, 5.41) is 13.3. The highest BCUT2D eigenvalue weighted by atomic mass is 19.1. The summed E-state index contributed by atoms with van der Waals surface area (Å²) in [7, 11) is 1.45. The summed E-state index contributed by atoms with van der Waals surface area (Å²) in [6.45, 7) is 1.91. The van der Waals surface area contributed by atoms with Crippen LogP contribution in [0.3, 0.4) is 0 Å². The average Bonchev–Trinajstić information content (AvgIpc) is 2.32. The van der Waals surface area contributed by atoms with Gasteiger partial charge < -0.3 is 20.5 Å². The van der Waals surface area contributed by atoms with Gasteiger partial charge in [0.25, 0.3) is 0 Å². The fraction of sp³-hybridized carbons (Fsp3) is 0.333. The van der Waals surface area contributed by atoms with Crippen molar-refractivity contribution in [3.63, 3.8) is 0 Å². The Morgan fingerprint density at radius 1 is 1.35 bits per heavy atom. The number of carbonyl (C=O) groups excluding carboxylic acids is 1. The van der Waals surface area contributed by atoms with Crippen LogP contribution in [0.15, 0.2) is 12.1 Å². The molecule has 1 atom stereocenters. The number of nitrogens with one attached hydrogen (secondary N) is 2. The van der Waals surface area contributed by atoms with Crippen LogP contribution in [0.5, 0.6) is 0 Å². The summed E-state index contributed by atoms with van der Waals surface area (Å²) >= 11 is 0. The van der Waals surface area contributed by atoms with Gasteiger partial charge in [-0.1, -0.05) is 0 Å². The van der Waals surface area contributed by atoms with E-state index >= 15 is 0 Å². The number of amides is 2. The molecule has 0 bridgehead atoms. The summed E-state index contributed by atoms with van der Waals surface area (Å²) in [6.07, 6.45) is 0. The number of halogens is 2. The Labute approximate surface area is 113 Å². The van der Waals surface area contributed by atoms with Crippen LogP contribution in [-0.4, -0.2) is 36.9 Å². The lowest BCUT2D eigenvalue weighted by Crippen LogP contribution is -2.38. The van der Waals surface area contributed by atoms with Gasteiger partial charge >= 0.3 is 12.0 Å². The standard InChI is InChI=1S/C12H14F2N2O4/c1-6(5-20-2)15-12(19)16-10-3-7(11(17)18)8(13)4-9(10)14/h3-4,6H,5H2,1-2H3,(H,17,18)(H2,15,16,19). The van der Waals surface area contributed by atoms with Gasteiger partial charge in [0.15, 0.2) is 0 Å². The number of ether oxygens (including phenoxy) is 1. The van der Waals surface area contributed by atoms with Crippen LogP contribution < -0.4 is 10.6 Å². The topological polar surface area (TPSA) is 87.7 Å². The monoisotopic (exact) mass is 288 g/mol. The van der Waals surface area contributed by atoms with Gasteiger partial charge in [0.1, 0.15) is 11.6 Å². The highest BCUT2D eigenvalue weighted by molar-refractivity contribution is 5.93. The second kappa shape index (κ2) is 6.80. The summed E-state index contributed by atoms with van der Waals surface area (Å²) in [6, 6.07) is 0.0319. The molecule has 0 radical (unpaired) electrons.